The molecule has 0 saturated carbocycles. The quantitative estimate of drug-likeness (QED) is 0.849. The van der Waals surface area contributed by atoms with E-state index in [0.717, 1.165) is 26.1 Å². The van der Waals surface area contributed by atoms with Crippen LogP contribution in [-0.2, 0) is 17.8 Å². The molecule has 0 unspecified atom stereocenters. The molecule has 2 rings (SSSR count). The molecule has 4 nitrogen and oxygen atoms in total. The molecule has 0 radical (unpaired) electrons. The number of nitrogens with one attached hydrogen (secondary N) is 1. The molecule has 0 saturated heterocycles. The van der Waals surface area contributed by atoms with Gasteiger partial charge in [0.15, 0.2) is 0 Å². The fraction of sp³-hybridized carbons (Fsp3) is 0.462. The van der Waals surface area contributed by atoms with E-state index < -0.39 is 0 Å². The summed E-state index contributed by atoms with van der Waals surface area (Å²) in [5.41, 5.74) is 9.11. The SMILES string of the molecule is CCN(CC(N)=O)Cc1cccc2c1NCC2.Cl. The number of likely N-dealkylation sites (N-methyl/N-ethyl adjacent to an activating group) is 1. The maximum Gasteiger partial charge on any atom is 0.231 e. The predicted molar refractivity (Wildman–Crippen MR) is 76.0 cm³/mol. The molecular formula is C13H20ClN3O. The third-order valence-electron chi connectivity index (χ3n) is 3.15. The summed E-state index contributed by atoms with van der Waals surface area (Å²) >= 11 is 0. The zero-order valence-electron chi connectivity index (χ0n) is 10.6. The van der Waals surface area contributed by atoms with Crippen molar-refractivity contribution in [1.29, 1.82) is 0 Å². The van der Waals surface area contributed by atoms with Crippen molar-refractivity contribution in [1.82, 2.24) is 4.90 Å². The van der Waals surface area contributed by atoms with E-state index in [9.17, 15) is 4.79 Å². The molecule has 3 N–H and O–H groups in total. The third kappa shape index (κ3) is 3.37. The fourth-order valence-electron chi connectivity index (χ4n) is 2.28. The van der Waals surface area contributed by atoms with Gasteiger partial charge < -0.3 is 11.1 Å². The highest BCUT2D eigenvalue weighted by molar-refractivity contribution is 5.85. The topological polar surface area (TPSA) is 58.4 Å². The van der Waals surface area contributed by atoms with Crippen LogP contribution in [0.2, 0.25) is 0 Å². The number of para-hydroxylation sites is 1. The van der Waals surface area contributed by atoms with Gasteiger partial charge in [-0.25, -0.2) is 0 Å². The van der Waals surface area contributed by atoms with Crippen LogP contribution in [0.3, 0.4) is 0 Å². The van der Waals surface area contributed by atoms with Gasteiger partial charge >= 0.3 is 0 Å². The van der Waals surface area contributed by atoms with E-state index in [-0.39, 0.29) is 18.3 Å². The Morgan fingerprint density at radius 1 is 1.50 bits per heavy atom. The Labute approximate surface area is 114 Å². The minimum absolute atomic E-state index is 0. The number of carbonyl (C=O) groups is 1. The van der Waals surface area contributed by atoms with Crippen LogP contribution in [0.5, 0.6) is 0 Å². The lowest BCUT2D eigenvalue weighted by Crippen LogP contribution is -2.33. The van der Waals surface area contributed by atoms with E-state index >= 15 is 0 Å². The first-order valence-electron chi connectivity index (χ1n) is 6.06. The van der Waals surface area contributed by atoms with Crippen LogP contribution in [0.25, 0.3) is 0 Å². The van der Waals surface area contributed by atoms with Crippen molar-refractivity contribution in [2.45, 2.75) is 19.9 Å². The summed E-state index contributed by atoms with van der Waals surface area (Å²) in [6.07, 6.45) is 1.09. The summed E-state index contributed by atoms with van der Waals surface area (Å²) in [5, 5.41) is 3.41. The van der Waals surface area contributed by atoms with Gasteiger partial charge in [-0.15, -0.1) is 12.4 Å². The zero-order chi connectivity index (χ0) is 12.3. The van der Waals surface area contributed by atoms with Crippen molar-refractivity contribution >= 4 is 24.0 Å². The summed E-state index contributed by atoms with van der Waals surface area (Å²) in [7, 11) is 0. The van der Waals surface area contributed by atoms with Crippen molar-refractivity contribution < 1.29 is 4.79 Å². The van der Waals surface area contributed by atoms with Gasteiger partial charge in [0.2, 0.25) is 5.91 Å². The molecule has 100 valence electrons. The number of carbonyl (C=O) groups excluding carboxylic acids is 1. The molecule has 1 heterocycles. The van der Waals surface area contributed by atoms with Crippen LogP contribution < -0.4 is 11.1 Å². The lowest BCUT2D eigenvalue weighted by atomic mass is 10.1. The maximum absolute atomic E-state index is 11.0. The van der Waals surface area contributed by atoms with Gasteiger partial charge in [-0.3, -0.25) is 9.69 Å². The second-order valence-electron chi connectivity index (χ2n) is 4.40. The Kier molecular flexibility index (Phi) is 5.44. The first-order chi connectivity index (χ1) is 8.20. The summed E-state index contributed by atoms with van der Waals surface area (Å²) in [6.45, 7) is 4.97. The Morgan fingerprint density at radius 2 is 2.28 bits per heavy atom. The van der Waals surface area contributed by atoms with Gasteiger partial charge in [-0.1, -0.05) is 25.1 Å². The highest BCUT2D eigenvalue weighted by Crippen LogP contribution is 2.27. The van der Waals surface area contributed by atoms with Crippen LogP contribution in [0.1, 0.15) is 18.1 Å². The number of hydrogen-bond acceptors (Lipinski definition) is 3. The second-order valence-corrected chi connectivity index (χ2v) is 4.40. The summed E-state index contributed by atoms with van der Waals surface area (Å²) < 4.78 is 0. The second kappa shape index (κ2) is 6.61. The minimum atomic E-state index is -0.271. The number of nitrogens with zero attached hydrogens (tertiary/aromatic N) is 1. The number of benzene rings is 1. The normalized spacial score (nSPS) is 12.8. The first-order valence-corrected chi connectivity index (χ1v) is 6.06. The molecule has 1 amide bonds. The number of nitrogens with two attached hydrogens (primary N) is 1. The number of fused-ring (bicyclic) bond motifs is 1. The molecule has 0 fully saturated rings. The minimum Gasteiger partial charge on any atom is -0.384 e. The van der Waals surface area contributed by atoms with Crippen LogP contribution >= 0.6 is 12.4 Å². The largest absolute Gasteiger partial charge is 0.384 e. The van der Waals surface area contributed by atoms with Gasteiger partial charge in [0, 0.05) is 18.8 Å². The smallest absolute Gasteiger partial charge is 0.231 e. The van der Waals surface area contributed by atoms with E-state index in [1.165, 1.54) is 16.8 Å². The molecule has 0 spiro atoms. The summed E-state index contributed by atoms with van der Waals surface area (Å²) in [5.74, 6) is -0.271. The number of halogens is 1. The van der Waals surface area contributed by atoms with Gasteiger partial charge in [0.1, 0.15) is 0 Å². The van der Waals surface area contributed by atoms with Crippen LogP contribution in [0.15, 0.2) is 18.2 Å². The zero-order valence-corrected chi connectivity index (χ0v) is 11.4. The van der Waals surface area contributed by atoms with Crippen molar-refractivity contribution in [3.63, 3.8) is 0 Å². The molecule has 0 atom stereocenters. The van der Waals surface area contributed by atoms with E-state index in [1.54, 1.807) is 0 Å². The summed E-state index contributed by atoms with van der Waals surface area (Å²) in [6, 6.07) is 6.35. The molecule has 1 aromatic carbocycles. The van der Waals surface area contributed by atoms with Gasteiger partial charge in [0.25, 0.3) is 0 Å². The number of hydrogen-bond donors (Lipinski definition) is 2. The Balaban J connectivity index is 0.00000162. The molecule has 0 aliphatic carbocycles. The highest BCUT2D eigenvalue weighted by Gasteiger charge is 2.15. The van der Waals surface area contributed by atoms with E-state index in [0.29, 0.717) is 6.54 Å². The number of rotatable bonds is 5. The average molecular weight is 270 g/mol. The van der Waals surface area contributed by atoms with Crippen molar-refractivity contribution in [3.8, 4) is 0 Å². The maximum atomic E-state index is 11.0. The van der Waals surface area contributed by atoms with Crippen LogP contribution in [0.4, 0.5) is 5.69 Å². The van der Waals surface area contributed by atoms with Gasteiger partial charge in [0.05, 0.1) is 6.54 Å². The van der Waals surface area contributed by atoms with Gasteiger partial charge in [-0.05, 0) is 24.1 Å². The fourth-order valence-corrected chi connectivity index (χ4v) is 2.28. The molecule has 0 bridgehead atoms. The molecule has 1 aromatic rings. The van der Waals surface area contributed by atoms with Crippen molar-refractivity contribution in [2.75, 3.05) is 25.0 Å². The lowest BCUT2D eigenvalue weighted by molar-refractivity contribution is -0.119. The van der Waals surface area contributed by atoms with E-state index in [4.69, 9.17) is 5.73 Å². The molecule has 0 aromatic heterocycles. The predicted octanol–water partition coefficient (Wildman–Crippen LogP) is 1.38. The van der Waals surface area contributed by atoms with Crippen LogP contribution in [0, 0.1) is 0 Å². The number of primary amides is 1. The summed E-state index contributed by atoms with van der Waals surface area (Å²) in [4.78, 5) is 13.0. The third-order valence-corrected chi connectivity index (χ3v) is 3.15. The Morgan fingerprint density at radius 3 is 2.94 bits per heavy atom. The van der Waals surface area contributed by atoms with Crippen molar-refractivity contribution in [2.24, 2.45) is 5.73 Å². The van der Waals surface area contributed by atoms with Crippen molar-refractivity contribution in [3.05, 3.63) is 29.3 Å². The number of anilines is 1. The lowest BCUT2D eigenvalue weighted by Gasteiger charge is -2.20. The van der Waals surface area contributed by atoms with Gasteiger partial charge in [-0.2, -0.15) is 0 Å². The van der Waals surface area contributed by atoms with Crippen LogP contribution in [-0.4, -0.2) is 30.4 Å². The van der Waals surface area contributed by atoms with E-state index in [1.807, 2.05) is 6.92 Å². The molecule has 5 heteroatoms. The number of amides is 1. The highest BCUT2D eigenvalue weighted by atomic mass is 35.5. The Hall–Kier alpha value is -1.26. The standard InChI is InChI=1S/C13H19N3O.ClH/c1-2-16(9-12(14)17)8-11-5-3-4-10-6-7-15-13(10)11;/h3-5,15H,2,6-9H2,1H3,(H2,14,17);1H. The molecular weight excluding hydrogens is 250 g/mol. The monoisotopic (exact) mass is 269 g/mol. The average Bonchev–Trinajstić information content (AvgIpc) is 2.76. The molecule has 1 aliphatic rings. The van der Waals surface area contributed by atoms with E-state index in [2.05, 4.69) is 28.4 Å². The Bertz CT molecular complexity index is 423. The first kappa shape index (κ1) is 14.8. The molecule has 18 heavy (non-hydrogen) atoms. The molecule has 1 aliphatic heterocycles.